The van der Waals surface area contributed by atoms with Crippen molar-refractivity contribution in [3.63, 3.8) is 0 Å². The van der Waals surface area contributed by atoms with E-state index in [0.29, 0.717) is 24.8 Å². The molecule has 0 radical (unpaired) electrons. The van der Waals surface area contributed by atoms with Crippen LogP contribution in [0, 0.1) is 0 Å². The summed E-state index contributed by atoms with van der Waals surface area (Å²) in [6.07, 6.45) is 9.67. The fourth-order valence-corrected chi connectivity index (χ4v) is 3.10. The van der Waals surface area contributed by atoms with E-state index in [2.05, 4.69) is 15.7 Å². The lowest BCUT2D eigenvalue weighted by molar-refractivity contribution is -0.123. The summed E-state index contributed by atoms with van der Waals surface area (Å²) in [7, 11) is 0. The highest BCUT2D eigenvalue weighted by atomic mass is 16.5. The molecule has 1 aromatic heterocycles. The van der Waals surface area contributed by atoms with E-state index in [1.54, 1.807) is 17.0 Å². The maximum atomic E-state index is 12.1. The van der Waals surface area contributed by atoms with Gasteiger partial charge >= 0.3 is 0 Å². The molecule has 3 aromatic rings. The molecule has 2 aromatic carbocycles. The number of benzene rings is 2. The summed E-state index contributed by atoms with van der Waals surface area (Å²) < 4.78 is 7.27. The molecule has 1 saturated carbocycles. The van der Waals surface area contributed by atoms with Crippen LogP contribution in [0.15, 0.2) is 73.1 Å². The second kappa shape index (κ2) is 10.4. The topological polar surface area (TPSA) is 85.2 Å². The minimum Gasteiger partial charge on any atom is -0.484 e. The molecular formula is C25H26N4O3. The fraction of sp³-hybridized carbons (Fsp3) is 0.240. The van der Waals surface area contributed by atoms with Crippen molar-refractivity contribution in [2.24, 2.45) is 0 Å². The Kier molecular flexibility index (Phi) is 6.97. The third-order valence-corrected chi connectivity index (χ3v) is 5.00. The molecule has 1 aliphatic rings. The van der Waals surface area contributed by atoms with Gasteiger partial charge in [-0.25, -0.2) is 4.68 Å². The average molecular weight is 431 g/mol. The molecule has 0 bridgehead atoms. The minimum absolute atomic E-state index is 0.0302. The van der Waals surface area contributed by atoms with Gasteiger partial charge in [-0.2, -0.15) is 5.10 Å². The summed E-state index contributed by atoms with van der Waals surface area (Å²) in [5.74, 6) is 0.418. The molecule has 1 aliphatic carbocycles. The highest BCUT2D eigenvalue weighted by Gasteiger charge is 2.23. The van der Waals surface area contributed by atoms with Crippen LogP contribution in [0.1, 0.15) is 24.0 Å². The number of carbonyl (C=O) groups excluding carboxylic acids is 2. The van der Waals surface area contributed by atoms with Crippen LogP contribution in [0.4, 0.5) is 0 Å². The van der Waals surface area contributed by atoms with Crippen molar-refractivity contribution >= 4 is 17.9 Å². The van der Waals surface area contributed by atoms with Crippen molar-refractivity contribution in [2.75, 3.05) is 13.2 Å². The molecule has 0 atom stereocenters. The van der Waals surface area contributed by atoms with Gasteiger partial charge in [0.15, 0.2) is 6.61 Å². The maximum Gasteiger partial charge on any atom is 0.258 e. The number of hydrogen-bond donors (Lipinski definition) is 2. The minimum atomic E-state index is -0.154. The van der Waals surface area contributed by atoms with Gasteiger partial charge in [0.25, 0.3) is 5.91 Å². The Balaban J connectivity index is 1.17. The van der Waals surface area contributed by atoms with Gasteiger partial charge < -0.3 is 15.4 Å². The van der Waals surface area contributed by atoms with Crippen molar-refractivity contribution in [3.05, 3.63) is 84.2 Å². The smallest absolute Gasteiger partial charge is 0.258 e. The standard InChI is InChI=1S/C25H26N4O3/c30-24(13-8-20-16-27-29(17-20)22-4-2-1-3-5-22)26-15-14-19-6-11-23(12-7-19)32-18-25(31)28-21-9-10-21/h1-8,11-13,16-17,21H,9-10,14-15,18H2,(H,26,30)(H,28,31)/b13-8+. The molecular weight excluding hydrogens is 404 g/mol. The molecule has 32 heavy (non-hydrogen) atoms. The molecule has 0 spiro atoms. The first-order valence-corrected chi connectivity index (χ1v) is 10.7. The van der Waals surface area contributed by atoms with Crippen molar-refractivity contribution in [1.82, 2.24) is 20.4 Å². The van der Waals surface area contributed by atoms with E-state index in [1.807, 2.05) is 60.8 Å². The lowest BCUT2D eigenvalue weighted by Gasteiger charge is -2.08. The molecule has 4 rings (SSSR count). The zero-order valence-electron chi connectivity index (χ0n) is 17.7. The second-order valence-corrected chi connectivity index (χ2v) is 7.70. The molecule has 0 saturated heterocycles. The molecule has 7 heteroatoms. The number of ether oxygens (including phenoxy) is 1. The van der Waals surface area contributed by atoms with Gasteiger partial charge in [0.05, 0.1) is 11.9 Å². The Morgan fingerprint density at radius 1 is 1.09 bits per heavy atom. The molecule has 164 valence electrons. The summed E-state index contributed by atoms with van der Waals surface area (Å²) in [5, 5.41) is 10.1. The summed E-state index contributed by atoms with van der Waals surface area (Å²) in [5.41, 5.74) is 2.90. The van der Waals surface area contributed by atoms with Crippen LogP contribution in [0.25, 0.3) is 11.8 Å². The van der Waals surface area contributed by atoms with Gasteiger partial charge in [-0.3, -0.25) is 9.59 Å². The SMILES string of the molecule is O=C(/C=C/c1cnn(-c2ccccc2)c1)NCCc1ccc(OCC(=O)NC2CC2)cc1. The van der Waals surface area contributed by atoms with E-state index in [9.17, 15) is 9.59 Å². The largest absolute Gasteiger partial charge is 0.484 e. The van der Waals surface area contributed by atoms with E-state index < -0.39 is 0 Å². The number of para-hydroxylation sites is 1. The zero-order valence-corrected chi connectivity index (χ0v) is 17.7. The predicted octanol–water partition coefficient (Wildman–Crippen LogP) is 2.90. The Morgan fingerprint density at radius 2 is 1.88 bits per heavy atom. The van der Waals surface area contributed by atoms with Gasteiger partial charge in [-0.15, -0.1) is 0 Å². The molecule has 2 amide bonds. The van der Waals surface area contributed by atoms with Crippen molar-refractivity contribution in [2.45, 2.75) is 25.3 Å². The predicted molar refractivity (Wildman–Crippen MR) is 122 cm³/mol. The molecule has 0 unspecified atom stereocenters. The van der Waals surface area contributed by atoms with Crippen LogP contribution in [0.3, 0.4) is 0 Å². The number of hydrogen-bond acceptors (Lipinski definition) is 4. The lowest BCUT2D eigenvalue weighted by Crippen LogP contribution is -2.30. The number of nitrogens with zero attached hydrogens (tertiary/aromatic N) is 2. The highest BCUT2D eigenvalue weighted by molar-refractivity contribution is 5.91. The fourth-order valence-electron chi connectivity index (χ4n) is 3.10. The lowest BCUT2D eigenvalue weighted by atomic mass is 10.1. The normalized spacial score (nSPS) is 13.1. The number of aromatic nitrogens is 2. The Bertz CT molecular complexity index is 1070. The summed E-state index contributed by atoms with van der Waals surface area (Å²) in [6, 6.07) is 17.7. The summed E-state index contributed by atoms with van der Waals surface area (Å²) in [4.78, 5) is 23.7. The summed E-state index contributed by atoms with van der Waals surface area (Å²) in [6.45, 7) is 0.555. The van der Waals surface area contributed by atoms with Gasteiger partial charge in [-0.1, -0.05) is 30.3 Å². The number of carbonyl (C=O) groups is 2. The van der Waals surface area contributed by atoms with Crippen LogP contribution < -0.4 is 15.4 Å². The highest BCUT2D eigenvalue weighted by Crippen LogP contribution is 2.18. The van der Waals surface area contributed by atoms with E-state index in [0.717, 1.165) is 29.7 Å². The molecule has 1 fully saturated rings. The average Bonchev–Trinajstić information content (AvgIpc) is 3.50. The quantitative estimate of drug-likeness (QED) is 0.485. The monoisotopic (exact) mass is 430 g/mol. The van der Waals surface area contributed by atoms with Crippen LogP contribution in [-0.2, 0) is 16.0 Å². The molecule has 1 heterocycles. The number of nitrogens with one attached hydrogen (secondary N) is 2. The Hall–Kier alpha value is -3.87. The van der Waals surface area contributed by atoms with Crippen molar-refractivity contribution in [3.8, 4) is 11.4 Å². The van der Waals surface area contributed by atoms with Crippen LogP contribution in [0.5, 0.6) is 5.75 Å². The zero-order chi connectivity index (χ0) is 22.2. The molecule has 0 aliphatic heterocycles. The maximum absolute atomic E-state index is 12.1. The number of amides is 2. The first-order chi connectivity index (χ1) is 15.7. The van der Waals surface area contributed by atoms with Crippen molar-refractivity contribution in [1.29, 1.82) is 0 Å². The first kappa shape index (κ1) is 21.4. The van der Waals surface area contributed by atoms with E-state index in [4.69, 9.17) is 4.74 Å². The Morgan fingerprint density at radius 3 is 2.62 bits per heavy atom. The Labute approximate surface area is 187 Å². The van der Waals surface area contributed by atoms with Crippen LogP contribution in [0.2, 0.25) is 0 Å². The van der Waals surface area contributed by atoms with E-state index >= 15 is 0 Å². The van der Waals surface area contributed by atoms with Crippen LogP contribution >= 0.6 is 0 Å². The van der Waals surface area contributed by atoms with Gasteiger partial charge in [-0.05, 0) is 55.2 Å². The molecule has 7 nitrogen and oxygen atoms in total. The summed E-state index contributed by atoms with van der Waals surface area (Å²) >= 11 is 0. The van der Waals surface area contributed by atoms with Crippen molar-refractivity contribution < 1.29 is 14.3 Å². The van der Waals surface area contributed by atoms with Gasteiger partial charge in [0.2, 0.25) is 5.91 Å². The number of rotatable bonds is 10. The third kappa shape index (κ3) is 6.57. The van der Waals surface area contributed by atoms with Gasteiger partial charge in [0.1, 0.15) is 5.75 Å². The first-order valence-electron chi connectivity index (χ1n) is 10.7. The molecule has 2 N–H and O–H groups in total. The van der Waals surface area contributed by atoms with E-state index in [-0.39, 0.29) is 18.4 Å². The van der Waals surface area contributed by atoms with E-state index in [1.165, 1.54) is 6.08 Å². The van der Waals surface area contributed by atoms with Crippen LogP contribution in [-0.4, -0.2) is 40.8 Å². The second-order valence-electron chi connectivity index (χ2n) is 7.70. The van der Waals surface area contributed by atoms with Gasteiger partial charge in [0, 0.05) is 30.4 Å². The third-order valence-electron chi connectivity index (χ3n) is 5.00.